The number of nitrogens with two attached hydrogens (primary N) is 2. The van der Waals surface area contributed by atoms with Gasteiger partial charge in [-0.1, -0.05) is 38.5 Å². The number of aromatic amines is 1. The van der Waals surface area contributed by atoms with E-state index in [2.05, 4.69) is 20.9 Å². The first-order valence-electron chi connectivity index (χ1n) is 11.8. The van der Waals surface area contributed by atoms with Crippen molar-refractivity contribution in [3.8, 4) is 0 Å². The smallest absolute Gasteiger partial charge is 0.326 e. The topological polar surface area (TPSA) is 230 Å². The number of rotatable bonds is 14. The Morgan fingerprint density at radius 1 is 0.973 bits per heavy atom. The molecule has 0 aliphatic heterocycles. The van der Waals surface area contributed by atoms with Gasteiger partial charge in [0.1, 0.15) is 18.1 Å². The average molecular weight is 519 g/mol. The second-order valence-electron chi connectivity index (χ2n) is 8.85. The second-order valence-corrected chi connectivity index (χ2v) is 8.85. The third-order valence-corrected chi connectivity index (χ3v) is 6.13. The van der Waals surface area contributed by atoms with Gasteiger partial charge in [-0.05, 0) is 17.5 Å². The van der Waals surface area contributed by atoms with Crippen LogP contribution in [-0.2, 0) is 30.4 Å². The van der Waals surface area contributed by atoms with Gasteiger partial charge in [-0.15, -0.1) is 0 Å². The number of amides is 4. The van der Waals surface area contributed by atoms with Gasteiger partial charge in [-0.2, -0.15) is 0 Å². The Hall–Kier alpha value is -3.97. The summed E-state index contributed by atoms with van der Waals surface area (Å²) in [5.41, 5.74) is 12.5. The maximum absolute atomic E-state index is 12.9. The minimum absolute atomic E-state index is 0.0782. The van der Waals surface area contributed by atoms with E-state index in [-0.39, 0.29) is 12.3 Å². The Kier molecular flexibility index (Phi) is 10.6. The maximum atomic E-state index is 12.9. The predicted molar refractivity (Wildman–Crippen MR) is 134 cm³/mol. The summed E-state index contributed by atoms with van der Waals surface area (Å²) in [6.45, 7) is 2.78. The summed E-state index contributed by atoms with van der Waals surface area (Å²) >= 11 is 0. The molecule has 0 fully saturated rings. The lowest BCUT2D eigenvalue weighted by atomic mass is 9.99. The molecule has 0 saturated carbocycles. The molecular weight excluding hydrogens is 484 g/mol. The summed E-state index contributed by atoms with van der Waals surface area (Å²) in [7, 11) is 0. The Morgan fingerprint density at radius 3 is 2.16 bits per heavy atom. The molecule has 2 aromatic rings. The molecule has 1 heterocycles. The van der Waals surface area contributed by atoms with Gasteiger partial charge in [-0.3, -0.25) is 19.2 Å². The number of H-pyrrole nitrogens is 1. The lowest BCUT2D eigenvalue weighted by molar-refractivity contribution is -0.142. The maximum Gasteiger partial charge on any atom is 0.326 e. The van der Waals surface area contributed by atoms with E-state index in [1.807, 2.05) is 19.1 Å². The largest absolute Gasteiger partial charge is 0.480 e. The summed E-state index contributed by atoms with van der Waals surface area (Å²) < 4.78 is 0. The van der Waals surface area contributed by atoms with Crippen LogP contribution in [0.4, 0.5) is 0 Å². The SMILES string of the molecule is CCC(C)C(N)C(=O)NC(CO)C(=O)NC(CC(N)=O)C(=O)NC(Cc1c[nH]c2ccccc12)C(=O)O. The zero-order valence-electron chi connectivity index (χ0n) is 20.7. The Labute approximate surface area is 213 Å². The van der Waals surface area contributed by atoms with Crippen molar-refractivity contribution in [3.63, 3.8) is 0 Å². The number of hydrogen-bond donors (Lipinski definition) is 8. The minimum atomic E-state index is -1.55. The summed E-state index contributed by atoms with van der Waals surface area (Å²) in [6, 6.07) is 1.88. The number of aromatic nitrogens is 1. The summed E-state index contributed by atoms with van der Waals surface area (Å²) in [5.74, 6) is -5.09. The van der Waals surface area contributed by atoms with Gasteiger partial charge in [-0.25, -0.2) is 4.79 Å². The molecule has 1 aromatic carbocycles. The first-order valence-corrected chi connectivity index (χ1v) is 11.8. The number of aliphatic hydroxyl groups is 1. The van der Waals surface area contributed by atoms with Crippen molar-refractivity contribution in [3.05, 3.63) is 36.0 Å². The Morgan fingerprint density at radius 2 is 1.57 bits per heavy atom. The molecule has 5 unspecified atom stereocenters. The van der Waals surface area contributed by atoms with E-state index in [1.54, 1.807) is 25.3 Å². The number of aliphatic carboxylic acids is 1. The van der Waals surface area contributed by atoms with E-state index in [4.69, 9.17) is 11.5 Å². The van der Waals surface area contributed by atoms with Crippen molar-refractivity contribution < 1.29 is 34.2 Å². The number of carbonyl (C=O) groups is 5. The van der Waals surface area contributed by atoms with Gasteiger partial charge in [0.15, 0.2) is 0 Å². The highest BCUT2D eigenvalue weighted by Gasteiger charge is 2.32. The van der Waals surface area contributed by atoms with E-state index in [1.165, 1.54) is 0 Å². The monoisotopic (exact) mass is 518 g/mol. The summed E-state index contributed by atoms with van der Waals surface area (Å²) in [5, 5.41) is 27.0. The van der Waals surface area contributed by atoms with E-state index in [9.17, 15) is 34.2 Å². The number of para-hydroxylation sites is 1. The van der Waals surface area contributed by atoms with Crippen LogP contribution in [0.3, 0.4) is 0 Å². The quantitative estimate of drug-likeness (QED) is 0.146. The predicted octanol–water partition coefficient (Wildman–Crippen LogP) is -1.51. The zero-order valence-corrected chi connectivity index (χ0v) is 20.7. The van der Waals surface area contributed by atoms with Crippen molar-refractivity contribution in [1.82, 2.24) is 20.9 Å². The van der Waals surface area contributed by atoms with E-state index in [0.717, 1.165) is 10.9 Å². The number of carbonyl (C=O) groups excluding carboxylic acids is 4. The van der Waals surface area contributed by atoms with Gasteiger partial charge in [0.2, 0.25) is 23.6 Å². The first-order chi connectivity index (χ1) is 17.5. The minimum Gasteiger partial charge on any atom is -0.480 e. The van der Waals surface area contributed by atoms with Crippen LogP contribution in [-0.4, -0.2) is 75.6 Å². The zero-order chi connectivity index (χ0) is 27.7. The molecule has 0 aliphatic rings. The van der Waals surface area contributed by atoms with Gasteiger partial charge < -0.3 is 42.6 Å². The molecule has 2 rings (SSSR count). The molecule has 0 saturated heterocycles. The lowest BCUT2D eigenvalue weighted by Crippen LogP contribution is -2.59. The van der Waals surface area contributed by atoms with Crippen LogP contribution in [0.2, 0.25) is 0 Å². The van der Waals surface area contributed by atoms with E-state index >= 15 is 0 Å². The molecule has 13 heteroatoms. The number of nitrogens with one attached hydrogen (secondary N) is 4. The Balaban J connectivity index is 2.13. The van der Waals surface area contributed by atoms with Crippen molar-refractivity contribution in [1.29, 1.82) is 0 Å². The fourth-order valence-electron chi connectivity index (χ4n) is 3.65. The highest BCUT2D eigenvalue weighted by molar-refractivity contribution is 5.96. The van der Waals surface area contributed by atoms with Crippen molar-refractivity contribution in [2.45, 2.75) is 57.3 Å². The molecule has 1 aromatic heterocycles. The van der Waals surface area contributed by atoms with Crippen molar-refractivity contribution >= 4 is 40.5 Å². The fraction of sp³-hybridized carbons (Fsp3) is 0.458. The number of primary amides is 1. The summed E-state index contributed by atoms with van der Waals surface area (Å²) in [6.07, 6.45) is 1.52. The van der Waals surface area contributed by atoms with Crippen LogP contribution >= 0.6 is 0 Å². The highest BCUT2D eigenvalue weighted by Crippen LogP contribution is 2.19. The number of benzene rings is 1. The van der Waals surface area contributed by atoms with Crippen molar-refractivity contribution in [2.75, 3.05) is 6.61 Å². The third-order valence-electron chi connectivity index (χ3n) is 6.13. The lowest BCUT2D eigenvalue weighted by Gasteiger charge is -2.24. The van der Waals surface area contributed by atoms with Crippen LogP contribution in [0, 0.1) is 5.92 Å². The molecule has 4 amide bonds. The van der Waals surface area contributed by atoms with Crippen LogP contribution in [0.1, 0.15) is 32.3 Å². The molecule has 0 spiro atoms. The Bertz CT molecular complexity index is 1130. The van der Waals surface area contributed by atoms with Crippen molar-refractivity contribution in [2.24, 2.45) is 17.4 Å². The molecule has 37 heavy (non-hydrogen) atoms. The first kappa shape index (κ1) is 29.3. The molecule has 0 radical (unpaired) electrons. The molecule has 10 N–H and O–H groups in total. The van der Waals surface area contributed by atoms with Gasteiger partial charge >= 0.3 is 5.97 Å². The number of aliphatic hydroxyl groups excluding tert-OH is 1. The number of carboxylic acid groups (broad SMARTS) is 1. The van der Waals surface area contributed by atoms with Gasteiger partial charge in [0.25, 0.3) is 0 Å². The standard InChI is InChI=1S/C24H34N6O7/c1-3-12(2)20(26)23(35)30-18(11-31)22(34)28-16(9-19(25)32)21(33)29-17(24(36)37)8-13-10-27-15-7-5-4-6-14(13)15/h4-7,10,12,16-18,20,27,31H,3,8-9,11,26H2,1-2H3,(H2,25,32)(H,28,34)(H,29,33)(H,30,35)(H,36,37). The average Bonchev–Trinajstić information content (AvgIpc) is 3.27. The van der Waals surface area contributed by atoms with E-state index < -0.39 is 66.8 Å². The van der Waals surface area contributed by atoms with Crippen LogP contribution in [0.5, 0.6) is 0 Å². The van der Waals surface area contributed by atoms with Crippen LogP contribution in [0.15, 0.2) is 30.5 Å². The van der Waals surface area contributed by atoms with Gasteiger partial charge in [0.05, 0.1) is 19.1 Å². The molecule has 0 bridgehead atoms. The highest BCUT2D eigenvalue weighted by atomic mass is 16.4. The van der Waals surface area contributed by atoms with E-state index in [0.29, 0.717) is 12.0 Å². The molecular formula is C24H34N6O7. The number of carboxylic acids is 1. The normalized spacial score (nSPS) is 15.1. The second kappa shape index (κ2) is 13.4. The fourth-order valence-corrected chi connectivity index (χ4v) is 3.65. The van der Waals surface area contributed by atoms with Crippen LogP contribution in [0.25, 0.3) is 10.9 Å². The molecule has 13 nitrogen and oxygen atoms in total. The summed E-state index contributed by atoms with van der Waals surface area (Å²) in [4.78, 5) is 64.4. The third kappa shape index (κ3) is 8.02. The molecule has 0 aliphatic carbocycles. The number of hydrogen-bond acceptors (Lipinski definition) is 7. The molecule has 202 valence electrons. The molecule has 5 atom stereocenters. The van der Waals surface area contributed by atoms with Gasteiger partial charge in [0, 0.05) is 23.5 Å². The van der Waals surface area contributed by atoms with Crippen LogP contribution < -0.4 is 27.4 Å². The number of fused-ring (bicyclic) bond motifs is 1.